The molecule has 3 aliphatic rings. The number of hydrogen-bond acceptors (Lipinski definition) is 12. The second kappa shape index (κ2) is 11.9. The third-order valence-electron chi connectivity index (χ3n) is 6.79. The van der Waals surface area contributed by atoms with Crippen LogP contribution in [0.25, 0.3) is 0 Å². The number of esters is 1. The monoisotopic (exact) mass is 587 g/mol. The first kappa shape index (κ1) is 27.9. The summed E-state index contributed by atoms with van der Waals surface area (Å²) in [6, 6.07) is 6.28. The molecule has 4 heterocycles. The average Bonchev–Trinajstić information content (AvgIpc) is 3.60. The standard InChI is InChI=1S/C26H29N5O7S2/c1-13-4-9-18(38-13)16-11-39-24-20(29-22(32)19(30-36-3)17-12-40-26(27)28-17)23(33)31(24)21(16)25(34)37-10-14-5-7-15(35-2)8-6-14/h5-8,12-13,18,20,24H,4,9-11H2,1-3H3,(H2,27,28)(H,29,32)/b30-19-/t13?,18-,20-,24-/m1/s1. The molecule has 2 saturated heterocycles. The lowest BCUT2D eigenvalue weighted by Gasteiger charge is -2.50. The van der Waals surface area contributed by atoms with E-state index in [-0.39, 0.29) is 41.0 Å². The van der Waals surface area contributed by atoms with Crippen LogP contribution in [0.4, 0.5) is 5.13 Å². The van der Waals surface area contributed by atoms with Gasteiger partial charge >= 0.3 is 5.97 Å². The van der Waals surface area contributed by atoms with Crippen molar-refractivity contribution in [1.29, 1.82) is 0 Å². The van der Waals surface area contributed by atoms with Gasteiger partial charge in [-0.25, -0.2) is 9.78 Å². The number of thiazole rings is 1. The van der Waals surface area contributed by atoms with E-state index in [1.165, 1.54) is 23.8 Å². The molecule has 2 aromatic rings. The van der Waals surface area contributed by atoms with Crippen molar-refractivity contribution in [3.05, 3.63) is 52.2 Å². The van der Waals surface area contributed by atoms with Gasteiger partial charge in [-0.2, -0.15) is 0 Å². The van der Waals surface area contributed by atoms with Crippen molar-refractivity contribution in [1.82, 2.24) is 15.2 Å². The maximum absolute atomic E-state index is 13.5. The number of anilines is 1. The number of nitrogens with one attached hydrogen (secondary N) is 1. The van der Waals surface area contributed by atoms with Gasteiger partial charge in [0.1, 0.15) is 42.3 Å². The molecule has 12 nitrogen and oxygen atoms in total. The largest absolute Gasteiger partial charge is 0.497 e. The lowest BCUT2D eigenvalue weighted by molar-refractivity contribution is -0.153. The van der Waals surface area contributed by atoms with Crippen molar-refractivity contribution in [3.8, 4) is 5.75 Å². The van der Waals surface area contributed by atoms with E-state index in [9.17, 15) is 14.4 Å². The van der Waals surface area contributed by atoms with Crippen LogP contribution in [0.3, 0.4) is 0 Å². The molecule has 0 aliphatic carbocycles. The maximum Gasteiger partial charge on any atom is 0.355 e. The van der Waals surface area contributed by atoms with Crippen molar-refractivity contribution >= 4 is 51.7 Å². The molecular formula is C26H29N5O7S2. The molecule has 212 valence electrons. The Morgan fingerprint density at radius 2 is 2.02 bits per heavy atom. The summed E-state index contributed by atoms with van der Waals surface area (Å²) >= 11 is 2.60. The summed E-state index contributed by atoms with van der Waals surface area (Å²) in [6.07, 6.45) is 1.36. The fraction of sp³-hybridized carbons (Fsp3) is 0.423. The van der Waals surface area contributed by atoms with E-state index in [0.717, 1.165) is 35.3 Å². The number of fused-ring (bicyclic) bond motifs is 1. The van der Waals surface area contributed by atoms with Crippen LogP contribution in [-0.4, -0.2) is 77.0 Å². The lowest BCUT2D eigenvalue weighted by atomic mass is 9.99. The van der Waals surface area contributed by atoms with Gasteiger partial charge in [-0.15, -0.1) is 23.1 Å². The van der Waals surface area contributed by atoms with Crippen molar-refractivity contribution in [3.63, 3.8) is 0 Å². The van der Waals surface area contributed by atoms with Gasteiger partial charge in [0.25, 0.3) is 11.8 Å². The minimum atomic E-state index is -0.884. The summed E-state index contributed by atoms with van der Waals surface area (Å²) in [4.78, 5) is 50.3. The minimum absolute atomic E-state index is 0.0230. The number of carbonyl (C=O) groups is 3. The number of thioether (sulfide) groups is 1. The molecule has 0 radical (unpaired) electrons. The number of aromatic nitrogens is 1. The SMILES string of the molecule is CO/N=C(\C(=O)N[C@@H]1C(=O)N2C(C(=O)OCc3ccc(OC)cc3)=C([C@H]3CCC(C)O3)CS[C@H]12)c1csc(N)n1. The Hall–Kier alpha value is -3.62. The van der Waals surface area contributed by atoms with E-state index in [2.05, 4.69) is 15.5 Å². The number of β-lactam (4-membered cyclic amide) rings is 1. The van der Waals surface area contributed by atoms with Crippen LogP contribution in [0.15, 0.2) is 46.1 Å². The van der Waals surface area contributed by atoms with E-state index >= 15 is 0 Å². The molecular weight excluding hydrogens is 558 g/mol. The molecule has 14 heteroatoms. The van der Waals surface area contributed by atoms with Crippen LogP contribution >= 0.6 is 23.1 Å². The summed E-state index contributed by atoms with van der Waals surface area (Å²) in [5.41, 5.74) is 7.52. The zero-order chi connectivity index (χ0) is 28.4. The van der Waals surface area contributed by atoms with Gasteiger partial charge in [-0.1, -0.05) is 17.3 Å². The van der Waals surface area contributed by atoms with Gasteiger partial charge in [0, 0.05) is 11.1 Å². The molecule has 2 amide bonds. The van der Waals surface area contributed by atoms with Crippen LogP contribution in [-0.2, 0) is 35.3 Å². The van der Waals surface area contributed by atoms with Crippen molar-refractivity contribution < 1.29 is 33.4 Å². The highest BCUT2D eigenvalue weighted by Gasteiger charge is 2.55. The number of oxime groups is 1. The van der Waals surface area contributed by atoms with Gasteiger partial charge < -0.3 is 30.1 Å². The van der Waals surface area contributed by atoms with Crippen molar-refractivity contribution in [2.45, 2.75) is 50.0 Å². The van der Waals surface area contributed by atoms with Gasteiger partial charge in [-0.05, 0) is 43.0 Å². The summed E-state index contributed by atoms with van der Waals surface area (Å²) in [6.45, 7) is 2.01. The normalized spacial score (nSPS) is 24.3. The van der Waals surface area contributed by atoms with Crippen LogP contribution in [0, 0.1) is 0 Å². The Morgan fingerprint density at radius 1 is 1.25 bits per heavy atom. The molecule has 3 N–H and O–H groups in total. The predicted octanol–water partition coefficient (Wildman–Crippen LogP) is 2.05. The first-order valence-corrected chi connectivity index (χ1v) is 14.5. The Bertz CT molecular complexity index is 1360. The van der Waals surface area contributed by atoms with Gasteiger partial charge in [-0.3, -0.25) is 14.5 Å². The number of nitrogens with two attached hydrogens (primary N) is 1. The number of carbonyl (C=O) groups excluding carboxylic acids is 3. The molecule has 1 aromatic heterocycles. The molecule has 1 unspecified atom stereocenters. The number of benzene rings is 1. The van der Waals surface area contributed by atoms with E-state index in [4.69, 9.17) is 24.8 Å². The molecule has 2 fully saturated rings. The first-order chi connectivity index (χ1) is 19.3. The minimum Gasteiger partial charge on any atom is -0.497 e. The Balaban J connectivity index is 1.35. The molecule has 40 heavy (non-hydrogen) atoms. The predicted molar refractivity (Wildman–Crippen MR) is 148 cm³/mol. The number of nitrogen functional groups attached to an aromatic ring is 1. The summed E-state index contributed by atoms with van der Waals surface area (Å²) < 4.78 is 16.9. The van der Waals surface area contributed by atoms with Gasteiger partial charge in [0.15, 0.2) is 10.8 Å². The van der Waals surface area contributed by atoms with E-state index in [1.807, 2.05) is 6.92 Å². The van der Waals surface area contributed by atoms with Crippen LogP contribution in [0.1, 0.15) is 31.0 Å². The zero-order valence-electron chi connectivity index (χ0n) is 22.1. The van der Waals surface area contributed by atoms with Crippen molar-refractivity contribution in [2.75, 3.05) is 25.7 Å². The first-order valence-electron chi connectivity index (χ1n) is 12.6. The molecule has 1 aromatic carbocycles. The quantitative estimate of drug-likeness (QED) is 0.193. The number of ether oxygens (including phenoxy) is 3. The number of hydrogen-bond donors (Lipinski definition) is 2. The maximum atomic E-state index is 13.5. The second-order valence-electron chi connectivity index (χ2n) is 9.37. The number of amides is 2. The van der Waals surface area contributed by atoms with E-state index < -0.39 is 29.2 Å². The third kappa shape index (κ3) is 5.51. The van der Waals surface area contributed by atoms with Crippen LogP contribution in [0.5, 0.6) is 5.75 Å². The summed E-state index contributed by atoms with van der Waals surface area (Å²) in [5, 5.41) is 7.83. The molecule has 3 aliphatic heterocycles. The van der Waals surface area contributed by atoms with Crippen LogP contribution < -0.4 is 15.8 Å². The van der Waals surface area contributed by atoms with Gasteiger partial charge in [0.05, 0.1) is 19.3 Å². The number of nitrogens with zero attached hydrogens (tertiary/aromatic N) is 3. The Morgan fingerprint density at radius 3 is 2.65 bits per heavy atom. The highest BCUT2D eigenvalue weighted by atomic mass is 32.2. The fourth-order valence-corrected chi connectivity index (χ4v) is 6.73. The van der Waals surface area contributed by atoms with E-state index in [1.54, 1.807) is 36.8 Å². The molecule has 0 spiro atoms. The molecule has 0 saturated carbocycles. The fourth-order valence-electron chi connectivity index (χ4n) is 4.78. The second-order valence-corrected chi connectivity index (χ2v) is 11.4. The Labute approximate surface area is 238 Å². The topological polar surface area (TPSA) is 155 Å². The third-order valence-corrected chi connectivity index (χ3v) is 8.77. The smallest absolute Gasteiger partial charge is 0.355 e. The molecule has 0 bridgehead atoms. The highest BCUT2D eigenvalue weighted by molar-refractivity contribution is 8.00. The van der Waals surface area contributed by atoms with E-state index in [0.29, 0.717) is 11.5 Å². The molecule has 4 atom stereocenters. The summed E-state index contributed by atoms with van der Waals surface area (Å²) in [7, 11) is 2.88. The zero-order valence-corrected chi connectivity index (χ0v) is 23.8. The average molecular weight is 588 g/mol. The van der Waals surface area contributed by atoms with Crippen molar-refractivity contribution in [2.24, 2.45) is 5.16 Å². The lowest BCUT2D eigenvalue weighted by Crippen LogP contribution is -2.71. The van der Waals surface area contributed by atoms with Gasteiger partial charge in [0.2, 0.25) is 0 Å². The summed E-state index contributed by atoms with van der Waals surface area (Å²) in [5.74, 6) is -0.544. The van der Waals surface area contributed by atoms with Crippen LogP contribution in [0.2, 0.25) is 0 Å². The Kier molecular flexibility index (Phi) is 8.28. The molecule has 5 rings (SSSR count). The highest BCUT2D eigenvalue weighted by Crippen LogP contribution is 2.43. The number of methoxy groups -OCH3 is 1. The number of rotatable bonds is 9.